The summed E-state index contributed by atoms with van der Waals surface area (Å²) in [4.78, 5) is 16.5. The normalized spacial score (nSPS) is 12.8. The number of benzene rings is 1. The third kappa shape index (κ3) is 7.07. The molecule has 2 N–H and O–H groups in total. The van der Waals surface area contributed by atoms with Crippen LogP contribution in [-0.4, -0.2) is 27.4 Å². The number of halogens is 3. The van der Waals surface area contributed by atoms with Crippen molar-refractivity contribution in [2.45, 2.75) is 44.4 Å². The van der Waals surface area contributed by atoms with Crippen molar-refractivity contribution in [3.05, 3.63) is 53.3 Å². The quantitative estimate of drug-likeness (QED) is 0.673. The predicted octanol–water partition coefficient (Wildman–Crippen LogP) is 4.79. The first-order valence-electron chi connectivity index (χ1n) is 8.73. The summed E-state index contributed by atoms with van der Waals surface area (Å²) >= 11 is 1.24. The van der Waals surface area contributed by atoms with E-state index in [9.17, 15) is 23.1 Å². The topological polar surface area (TPSA) is 86.0 Å². The lowest BCUT2D eigenvalue weighted by Crippen LogP contribution is -2.42. The van der Waals surface area contributed by atoms with Gasteiger partial charge in [0.1, 0.15) is 11.7 Å². The van der Waals surface area contributed by atoms with E-state index < -0.39 is 28.9 Å². The molecule has 0 aliphatic heterocycles. The number of nitrogens with zero attached hydrogens (tertiary/aromatic N) is 2. The van der Waals surface area contributed by atoms with Crippen LogP contribution in [0.25, 0.3) is 0 Å². The van der Waals surface area contributed by atoms with Crippen molar-refractivity contribution >= 4 is 23.4 Å². The average molecular weight is 425 g/mol. The third-order valence-corrected chi connectivity index (χ3v) is 4.90. The standard InChI is InChI=1S/C18H16F3N3O2S.C2H6/c1-11-3-5-13(6-4-11)27-10-17(2,26)16(25)24-12-7-14(18(19,20)21)15(8-22)23-9-12;1-2/h3-7,9,26H,10H2,1-2H3,(H,24,25);1-2H3. The number of alkyl halides is 3. The first kappa shape index (κ1) is 24.5. The smallest absolute Gasteiger partial charge is 0.379 e. The number of pyridine rings is 1. The summed E-state index contributed by atoms with van der Waals surface area (Å²) < 4.78 is 38.9. The molecule has 0 fully saturated rings. The number of anilines is 1. The van der Waals surface area contributed by atoms with Gasteiger partial charge in [-0.15, -0.1) is 11.8 Å². The van der Waals surface area contributed by atoms with Gasteiger partial charge >= 0.3 is 6.18 Å². The highest BCUT2D eigenvalue weighted by atomic mass is 32.2. The Morgan fingerprint density at radius 2 is 1.86 bits per heavy atom. The molecule has 29 heavy (non-hydrogen) atoms. The largest absolute Gasteiger partial charge is 0.419 e. The van der Waals surface area contributed by atoms with Gasteiger partial charge in [0.25, 0.3) is 5.91 Å². The molecule has 2 aromatic rings. The fourth-order valence-electron chi connectivity index (χ4n) is 2.03. The van der Waals surface area contributed by atoms with E-state index in [1.807, 2.05) is 45.0 Å². The Kier molecular flexibility index (Phi) is 8.67. The number of nitrogens with one attached hydrogen (secondary N) is 1. The number of thioether (sulfide) groups is 1. The van der Waals surface area contributed by atoms with Gasteiger partial charge in [-0.2, -0.15) is 18.4 Å². The fourth-order valence-corrected chi connectivity index (χ4v) is 2.94. The molecule has 0 saturated carbocycles. The molecule has 9 heteroatoms. The molecule has 1 aromatic heterocycles. The molecular formula is C20H22F3N3O2S. The molecule has 0 saturated heterocycles. The van der Waals surface area contributed by atoms with Crippen molar-refractivity contribution in [2.75, 3.05) is 11.1 Å². The van der Waals surface area contributed by atoms with Gasteiger partial charge in [0, 0.05) is 10.6 Å². The van der Waals surface area contributed by atoms with Gasteiger partial charge in [-0.3, -0.25) is 4.79 Å². The molecule has 1 unspecified atom stereocenters. The number of hydrogen-bond acceptors (Lipinski definition) is 5. The van der Waals surface area contributed by atoms with E-state index in [1.165, 1.54) is 24.8 Å². The maximum Gasteiger partial charge on any atom is 0.419 e. The van der Waals surface area contributed by atoms with Gasteiger partial charge in [-0.1, -0.05) is 31.5 Å². The summed E-state index contributed by atoms with van der Waals surface area (Å²) in [6, 6.07) is 9.43. The van der Waals surface area contributed by atoms with Crippen molar-refractivity contribution in [3.8, 4) is 6.07 Å². The van der Waals surface area contributed by atoms with Gasteiger partial charge in [0.2, 0.25) is 0 Å². The van der Waals surface area contributed by atoms with Crippen LogP contribution in [0, 0.1) is 18.3 Å². The number of aryl methyl sites for hydroxylation is 1. The van der Waals surface area contributed by atoms with Crippen molar-refractivity contribution in [2.24, 2.45) is 0 Å². The number of hydrogen-bond donors (Lipinski definition) is 2. The minimum atomic E-state index is -4.79. The van der Waals surface area contributed by atoms with E-state index in [1.54, 1.807) is 0 Å². The van der Waals surface area contributed by atoms with Crippen molar-refractivity contribution < 1.29 is 23.1 Å². The molecule has 1 amide bonds. The van der Waals surface area contributed by atoms with E-state index in [0.717, 1.165) is 16.7 Å². The molecule has 156 valence electrons. The minimum Gasteiger partial charge on any atom is -0.379 e. The molecule has 0 aliphatic rings. The Morgan fingerprint density at radius 1 is 1.28 bits per heavy atom. The second-order valence-corrected chi connectivity index (χ2v) is 7.11. The Hall–Kier alpha value is -2.57. The fraction of sp³-hybridized carbons (Fsp3) is 0.350. The molecule has 1 atom stereocenters. The second kappa shape index (κ2) is 10.3. The van der Waals surface area contributed by atoms with Gasteiger partial charge in [-0.25, -0.2) is 4.98 Å². The highest BCUT2D eigenvalue weighted by Gasteiger charge is 2.36. The SMILES string of the molecule is CC.Cc1ccc(SCC(C)(O)C(=O)Nc2cnc(C#N)c(C(F)(F)F)c2)cc1. The maximum absolute atomic E-state index is 13.0. The van der Waals surface area contributed by atoms with Crippen LogP contribution in [0.2, 0.25) is 0 Å². The molecule has 0 bridgehead atoms. The maximum atomic E-state index is 13.0. The Morgan fingerprint density at radius 3 is 2.38 bits per heavy atom. The summed E-state index contributed by atoms with van der Waals surface area (Å²) in [5, 5.41) is 21.3. The lowest BCUT2D eigenvalue weighted by molar-refractivity contribution is -0.138. The lowest BCUT2D eigenvalue weighted by Gasteiger charge is -2.22. The van der Waals surface area contributed by atoms with Gasteiger partial charge in [0.15, 0.2) is 5.69 Å². The van der Waals surface area contributed by atoms with Crippen LogP contribution in [0.4, 0.5) is 18.9 Å². The van der Waals surface area contributed by atoms with E-state index in [2.05, 4.69) is 10.3 Å². The number of nitriles is 1. The first-order valence-corrected chi connectivity index (χ1v) is 9.72. The van der Waals surface area contributed by atoms with E-state index in [0.29, 0.717) is 6.07 Å². The molecule has 0 radical (unpaired) electrons. The summed E-state index contributed by atoms with van der Waals surface area (Å²) in [5.41, 5.74) is -3.06. The summed E-state index contributed by atoms with van der Waals surface area (Å²) in [6.07, 6.45) is -3.85. The number of rotatable bonds is 5. The molecule has 0 spiro atoms. The van der Waals surface area contributed by atoms with E-state index in [4.69, 9.17) is 5.26 Å². The summed E-state index contributed by atoms with van der Waals surface area (Å²) in [6.45, 7) is 7.20. The number of aromatic nitrogens is 1. The van der Waals surface area contributed by atoms with Crippen LogP contribution in [0.5, 0.6) is 0 Å². The molecule has 1 heterocycles. The van der Waals surface area contributed by atoms with Crippen LogP contribution in [0.3, 0.4) is 0 Å². The molecule has 5 nitrogen and oxygen atoms in total. The van der Waals surface area contributed by atoms with Crippen molar-refractivity contribution in [1.82, 2.24) is 4.98 Å². The zero-order valence-corrected chi connectivity index (χ0v) is 17.3. The zero-order valence-electron chi connectivity index (χ0n) is 16.5. The number of carbonyl (C=O) groups excluding carboxylic acids is 1. The van der Waals surface area contributed by atoms with E-state index in [-0.39, 0.29) is 11.4 Å². The number of amides is 1. The van der Waals surface area contributed by atoms with Gasteiger partial charge in [-0.05, 0) is 32.0 Å². The van der Waals surface area contributed by atoms with Crippen LogP contribution in [0.1, 0.15) is 37.6 Å². The second-order valence-electron chi connectivity index (χ2n) is 6.06. The number of aliphatic hydroxyl groups is 1. The number of carbonyl (C=O) groups is 1. The molecule has 0 aliphatic carbocycles. The zero-order chi connectivity index (χ0) is 22.2. The molecular weight excluding hydrogens is 403 g/mol. The van der Waals surface area contributed by atoms with Crippen molar-refractivity contribution in [1.29, 1.82) is 5.26 Å². The minimum absolute atomic E-state index is 0.00225. The van der Waals surface area contributed by atoms with E-state index >= 15 is 0 Å². The highest BCUT2D eigenvalue weighted by Crippen LogP contribution is 2.33. The van der Waals surface area contributed by atoms with Gasteiger partial charge in [0.05, 0.1) is 17.4 Å². The summed E-state index contributed by atoms with van der Waals surface area (Å²) in [5.74, 6) is -0.876. The third-order valence-electron chi connectivity index (χ3n) is 3.59. The predicted molar refractivity (Wildman–Crippen MR) is 106 cm³/mol. The molecule has 1 aromatic carbocycles. The first-order chi connectivity index (χ1) is 13.5. The lowest BCUT2D eigenvalue weighted by atomic mass is 10.1. The molecule has 2 rings (SSSR count). The van der Waals surface area contributed by atoms with Gasteiger partial charge < -0.3 is 10.4 Å². The highest BCUT2D eigenvalue weighted by molar-refractivity contribution is 7.99. The Bertz CT molecular complexity index is 876. The van der Waals surface area contributed by atoms with Crippen LogP contribution >= 0.6 is 11.8 Å². The van der Waals surface area contributed by atoms with Crippen LogP contribution < -0.4 is 5.32 Å². The monoisotopic (exact) mass is 425 g/mol. The average Bonchev–Trinajstić information content (AvgIpc) is 2.68. The van der Waals surface area contributed by atoms with Crippen LogP contribution in [0.15, 0.2) is 41.4 Å². The van der Waals surface area contributed by atoms with Crippen LogP contribution in [-0.2, 0) is 11.0 Å². The van der Waals surface area contributed by atoms with Crippen molar-refractivity contribution in [3.63, 3.8) is 0 Å². The Balaban J connectivity index is 0.00000204. The summed E-state index contributed by atoms with van der Waals surface area (Å²) in [7, 11) is 0. The Labute approximate surface area is 172 Å².